The number of thiophene rings is 2. The zero-order valence-corrected chi connectivity index (χ0v) is 16.9. The molecule has 0 aliphatic carbocycles. The first-order chi connectivity index (χ1) is 13.7. The van der Waals surface area contributed by atoms with E-state index in [0.717, 1.165) is 17.8 Å². The molecule has 144 valence electrons. The number of hydrogen-bond acceptors (Lipinski definition) is 5. The van der Waals surface area contributed by atoms with Crippen LogP contribution < -0.4 is 15.5 Å². The van der Waals surface area contributed by atoms with Crippen LogP contribution in [0, 0.1) is 0 Å². The van der Waals surface area contributed by atoms with Gasteiger partial charge < -0.3 is 15.5 Å². The van der Waals surface area contributed by atoms with Crippen LogP contribution in [-0.2, 0) is 22.6 Å². The third-order valence-corrected chi connectivity index (χ3v) is 6.69. The summed E-state index contributed by atoms with van der Waals surface area (Å²) in [5.74, 6) is -1.19. The van der Waals surface area contributed by atoms with Crippen LogP contribution >= 0.6 is 22.7 Å². The van der Waals surface area contributed by atoms with Crippen molar-refractivity contribution in [1.82, 2.24) is 10.6 Å². The lowest BCUT2D eigenvalue weighted by Crippen LogP contribution is -2.43. The zero-order chi connectivity index (χ0) is 19.3. The molecule has 0 fully saturated rings. The molecule has 1 aliphatic rings. The second-order valence-electron chi connectivity index (χ2n) is 6.58. The van der Waals surface area contributed by atoms with Crippen LogP contribution in [0.3, 0.4) is 0 Å². The van der Waals surface area contributed by atoms with E-state index in [1.165, 1.54) is 16.1 Å². The Labute approximate surface area is 172 Å². The van der Waals surface area contributed by atoms with Gasteiger partial charge in [0.1, 0.15) is 0 Å². The lowest BCUT2D eigenvalue weighted by Gasteiger charge is -2.30. The summed E-state index contributed by atoms with van der Waals surface area (Å²) >= 11 is 3.22. The van der Waals surface area contributed by atoms with Crippen molar-refractivity contribution in [2.75, 3.05) is 18.0 Å². The number of nitrogens with zero attached hydrogens (tertiary/aromatic N) is 1. The van der Waals surface area contributed by atoms with Crippen LogP contribution in [0.4, 0.5) is 5.69 Å². The van der Waals surface area contributed by atoms with E-state index in [1.54, 1.807) is 22.7 Å². The highest BCUT2D eigenvalue weighted by molar-refractivity contribution is 7.10. The molecule has 0 spiro atoms. The second-order valence-corrected chi connectivity index (χ2v) is 8.59. The van der Waals surface area contributed by atoms with E-state index in [-0.39, 0.29) is 6.04 Å². The molecule has 0 bridgehead atoms. The number of anilines is 1. The highest BCUT2D eigenvalue weighted by Crippen LogP contribution is 2.36. The molecule has 2 aromatic heterocycles. The molecule has 3 heterocycles. The number of amides is 2. The van der Waals surface area contributed by atoms with E-state index in [2.05, 4.69) is 39.8 Å². The van der Waals surface area contributed by atoms with E-state index in [4.69, 9.17) is 0 Å². The molecule has 4 rings (SSSR count). The second kappa shape index (κ2) is 8.58. The molecule has 3 aromatic rings. The number of rotatable bonds is 6. The molecule has 28 heavy (non-hydrogen) atoms. The first-order valence-corrected chi connectivity index (χ1v) is 10.9. The van der Waals surface area contributed by atoms with Crippen molar-refractivity contribution in [3.05, 3.63) is 74.6 Å². The van der Waals surface area contributed by atoms with Gasteiger partial charge in [0, 0.05) is 28.5 Å². The molecule has 1 aliphatic heterocycles. The lowest BCUT2D eigenvalue weighted by atomic mass is 10.1. The molecule has 2 N–H and O–H groups in total. The highest BCUT2D eigenvalue weighted by Gasteiger charge is 2.28. The molecule has 1 aromatic carbocycles. The number of para-hydroxylation sites is 1. The lowest BCUT2D eigenvalue weighted by molar-refractivity contribution is -0.139. The molecule has 7 heteroatoms. The fourth-order valence-electron chi connectivity index (χ4n) is 3.46. The monoisotopic (exact) mass is 411 g/mol. The Bertz CT molecular complexity index is 938. The largest absolute Gasteiger partial charge is 0.361 e. The van der Waals surface area contributed by atoms with Gasteiger partial charge >= 0.3 is 11.8 Å². The number of benzene rings is 1. The van der Waals surface area contributed by atoms with Gasteiger partial charge in [-0.25, -0.2) is 0 Å². The minimum atomic E-state index is -0.597. The summed E-state index contributed by atoms with van der Waals surface area (Å²) in [4.78, 5) is 29.0. The topological polar surface area (TPSA) is 61.4 Å². The van der Waals surface area contributed by atoms with Crippen molar-refractivity contribution in [1.29, 1.82) is 0 Å². The van der Waals surface area contributed by atoms with Gasteiger partial charge in [0.05, 0.1) is 12.6 Å². The Morgan fingerprint density at radius 1 is 0.964 bits per heavy atom. The van der Waals surface area contributed by atoms with Gasteiger partial charge in [0.25, 0.3) is 0 Å². The normalized spacial score (nSPS) is 13.8. The summed E-state index contributed by atoms with van der Waals surface area (Å²) in [6.07, 6.45) is 0.993. The summed E-state index contributed by atoms with van der Waals surface area (Å²) in [7, 11) is 0. The number of nitrogens with one attached hydrogen (secondary N) is 2. The van der Waals surface area contributed by atoms with Gasteiger partial charge in [-0.15, -0.1) is 22.7 Å². The van der Waals surface area contributed by atoms with Crippen LogP contribution in [0.25, 0.3) is 0 Å². The number of hydrogen-bond donors (Lipinski definition) is 2. The predicted molar refractivity (Wildman–Crippen MR) is 114 cm³/mol. The standard InChI is InChI=1S/C21H21N3O2S2/c25-20(22-13-16-6-3-11-27-16)21(26)23-14-18(19-8-4-12-28-19)24-10-9-15-5-1-2-7-17(15)24/h1-8,11-12,18H,9-10,13-14H2,(H,22,25)(H,23,26). The molecule has 0 radical (unpaired) electrons. The third kappa shape index (κ3) is 4.10. The minimum Gasteiger partial charge on any atom is -0.361 e. The van der Waals surface area contributed by atoms with Gasteiger partial charge in [-0.05, 0) is 40.9 Å². The van der Waals surface area contributed by atoms with Gasteiger partial charge in [-0.3, -0.25) is 9.59 Å². The zero-order valence-electron chi connectivity index (χ0n) is 15.3. The summed E-state index contributed by atoms with van der Waals surface area (Å²) < 4.78 is 0. The Morgan fingerprint density at radius 3 is 2.54 bits per heavy atom. The first kappa shape index (κ1) is 18.7. The Kier molecular flexibility index (Phi) is 5.73. The maximum Gasteiger partial charge on any atom is 0.309 e. The summed E-state index contributed by atoms with van der Waals surface area (Å²) in [6, 6.07) is 16.3. The summed E-state index contributed by atoms with van der Waals surface area (Å²) in [5, 5.41) is 9.49. The van der Waals surface area contributed by atoms with Crippen molar-refractivity contribution < 1.29 is 9.59 Å². The van der Waals surface area contributed by atoms with Gasteiger partial charge in [0.2, 0.25) is 0 Å². The SMILES string of the molecule is O=C(NCc1cccs1)C(=O)NCC(c1cccs1)N1CCc2ccccc21. The van der Waals surface area contributed by atoms with Crippen LogP contribution in [0.1, 0.15) is 21.4 Å². The molecule has 0 saturated carbocycles. The molecule has 0 saturated heterocycles. The van der Waals surface area contributed by atoms with Gasteiger partial charge in [-0.1, -0.05) is 30.3 Å². The first-order valence-electron chi connectivity index (χ1n) is 9.19. The van der Waals surface area contributed by atoms with Crippen molar-refractivity contribution in [2.45, 2.75) is 19.0 Å². The number of carbonyl (C=O) groups is 2. The van der Waals surface area contributed by atoms with E-state index in [1.807, 2.05) is 35.0 Å². The van der Waals surface area contributed by atoms with E-state index >= 15 is 0 Å². The van der Waals surface area contributed by atoms with Crippen molar-refractivity contribution in [3.63, 3.8) is 0 Å². The molecular weight excluding hydrogens is 390 g/mol. The average molecular weight is 412 g/mol. The smallest absolute Gasteiger partial charge is 0.309 e. The Balaban J connectivity index is 1.41. The molecular formula is C21H21N3O2S2. The maximum absolute atomic E-state index is 12.3. The average Bonchev–Trinajstić information content (AvgIpc) is 3.48. The highest BCUT2D eigenvalue weighted by atomic mass is 32.1. The fourth-order valence-corrected chi connectivity index (χ4v) is 4.95. The number of carbonyl (C=O) groups excluding carboxylic acids is 2. The van der Waals surface area contributed by atoms with E-state index in [9.17, 15) is 9.59 Å². The molecule has 1 atom stereocenters. The van der Waals surface area contributed by atoms with E-state index in [0.29, 0.717) is 13.1 Å². The summed E-state index contributed by atoms with van der Waals surface area (Å²) in [6.45, 7) is 1.67. The van der Waals surface area contributed by atoms with Gasteiger partial charge in [0.15, 0.2) is 0 Å². The number of fused-ring (bicyclic) bond motifs is 1. The molecule has 5 nitrogen and oxygen atoms in total. The van der Waals surface area contributed by atoms with Crippen LogP contribution in [0.2, 0.25) is 0 Å². The molecule has 2 amide bonds. The van der Waals surface area contributed by atoms with Crippen molar-refractivity contribution in [2.24, 2.45) is 0 Å². The Morgan fingerprint density at radius 2 is 1.75 bits per heavy atom. The fraction of sp³-hybridized carbons (Fsp3) is 0.238. The maximum atomic E-state index is 12.3. The van der Waals surface area contributed by atoms with Crippen molar-refractivity contribution in [3.8, 4) is 0 Å². The summed E-state index contributed by atoms with van der Waals surface area (Å²) in [5.41, 5.74) is 2.53. The van der Waals surface area contributed by atoms with Crippen LogP contribution in [-0.4, -0.2) is 24.9 Å². The quantitative estimate of drug-likeness (QED) is 0.612. The Hall–Kier alpha value is -2.64. The third-order valence-electron chi connectivity index (χ3n) is 4.84. The van der Waals surface area contributed by atoms with Crippen molar-refractivity contribution >= 4 is 40.2 Å². The molecule has 1 unspecified atom stereocenters. The van der Waals surface area contributed by atoms with Crippen LogP contribution in [0.5, 0.6) is 0 Å². The minimum absolute atomic E-state index is 0.0118. The predicted octanol–water partition coefficient (Wildman–Crippen LogP) is 3.35. The van der Waals surface area contributed by atoms with Crippen LogP contribution in [0.15, 0.2) is 59.3 Å². The van der Waals surface area contributed by atoms with Gasteiger partial charge in [-0.2, -0.15) is 0 Å². The van der Waals surface area contributed by atoms with E-state index < -0.39 is 11.8 Å².